The molecule has 1 rings (SSSR count). The Morgan fingerprint density at radius 1 is 1.17 bits per heavy atom. The molecule has 62 valence electrons. The van der Waals surface area contributed by atoms with Gasteiger partial charge in [-0.1, -0.05) is 0 Å². The van der Waals surface area contributed by atoms with Gasteiger partial charge in [0, 0.05) is 9.79 Å². The third-order valence-electron chi connectivity index (χ3n) is 1.24. The monoisotopic (exact) mass is 235 g/mol. The summed E-state index contributed by atoms with van der Waals surface area (Å²) in [7, 11) is 13.3. The lowest BCUT2D eigenvalue weighted by Gasteiger charge is -2.00. The van der Waals surface area contributed by atoms with E-state index in [1.54, 1.807) is 18.2 Å². The van der Waals surface area contributed by atoms with E-state index in [1.807, 2.05) is 6.07 Å². The minimum absolute atomic E-state index is 0.590. The highest BCUT2D eigenvalue weighted by atomic mass is 35.7. The van der Waals surface area contributed by atoms with Gasteiger partial charge in [0.05, 0.1) is 11.6 Å². The predicted molar refractivity (Wildman–Crippen MR) is 54.6 cm³/mol. The van der Waals surface area contributed by atoms with Gasteiger partial charge in [-0.05, 0) is 61.5 Å². The van der Waals surface area contributed by atoms with Gasteiger partial charge in [-0.15, -0.1) is 0 Å². The smallest absolute Gasteiger partial charge is 0.0992 e. The maximum absolute atomic E-state index is 8.58. The summed E-state index contributed by atoms with van der Waals surface area (Å²) in [6.07, 6.45) is 0. The maximum atomic E-state index is 8.58. The quantitative estimate of drug-likeness (QED) is 0.773. The Morgan fingerprint density at radius 2 is 1.83 bits per heavy atom. The van der Waals surface area contributed by atoms with E-state index in [0.717, 1.165) is 31.7 Å². The van der Waals surface area contributed by atoms with Crippen molar-refractivity contribution in [1.29, 1.82) is 5.26 Å². The third kappa shape index (κ3) is 2.24. The van der Waals surface area contributed by atoms with Crippen molar-refractivity contribution in [2.75, 3.05) is 0 Å². The zero-order valence-electron chi connectivity index (χ0n) is 5.75. The van der Waals surface area contributed by atoms with Crippen LogP contribution in [-0.2, 0) is 0 Å². The SMILES string of the molecule is N#Cc1ccc(SCl)c(SCl)c1. The van der Waals surface area contributed by atoms with Gasteiger partial charge in [0.1, 0.15) is 0 Å². The molecule has 0 fully saturated rings. The highest BCUT2D eigenvalue weighted by molar-refractivity contribution is 8.23. The summed E-state index contributed by atoms with van der Waals surface area (Å²) in [5.41, 5.74) is 0.590. The van der Waals surface area contributed by atoms with E-state index < -0.39 is 0 Å². The minimum atomic E-state index is 0.590. The molecule has 0 amide bonds. The average molecular weight is 236 g/mol. The fraction of sp³-hybridized carbons (Fsp3) is 0. The largest absolute Gasteiger partial charge is 0.192 e. The van der Waals surface area contributed by atoms with Crippen LogP contribution in [0.4, 0.5) is 0 Å². The molecule has 0 heterocycles. The van der Waals surface area contributed by atoms with Crippen LogP contribution in [0.3, 0.4) is 0 Å². The van der Waals surface area contributed by atoms with Crippen LogP contribution in [0.2, 0.25) is 0 Å². The summed E-state index contributed by atoms with van der Waals surface area (Å²) < 4.78 is 0. The van der Waals surface area contributed by atoms with Gasteiger partial charge < -0.3 is 0 Å². The molecule has 0 bridgehead atoms. The second kappa shape index (κ2) is 4.88. The van der Waals surface area contributed by atoms with Crippen molar-refractivity contribution in [2.45, 2.75) is 9.79 Å². The lowest BCUT2D eigenvalue weighted by atomic mass is 10.2. The molecule has 0 atom stereocenters. The number of hydrogen-bond donors (Lipinski definition) is 0. The van der Waals surface area contributed by atoms with Crippen molar-refractivity contribution in [1.82, 2.24) is 0 Å². The molecule has 0 aliphatic carbocycles. The molecule has 0 saturated heterocycles. The van der Waals surface area contributed by atoms with Crippen molar-refractivity contribution in [3.05, 3.63) is 23.8 Å². The zero-order chi connectivity index (χ0) is 8.97. The number of rotatable bonds is 2. The predicted octanol–water partition coefficient (Wildman–Crippen LogP) is 4.05. The highest BCUT2D eigenvalue weighted by Crippen LogP contribution is 2.35. The molecular weight excluding hydrogens is 233 g/mol. The Morgan fingerprint density at radius 3 is 2.33 bits per heavy atom. The molecule has 0 unspecified atom stereocenters. The summed E-state index contributed by atoms with van der Waals surface area (Å²) in [6.45, 7) is 0. The van der Waals surface area contributed by atoms with Crippen LogP contribution in [0.25, 0.3) is 0 Å². The van der Waals surface area contributed by atoms with Gasteiger partial charge in [0.25, 0.3) is 0 Å². The van der Waals surface area contributed by atoms with Gasteiger partial charge in [0.2, 0.25) is 0 Å². The Hall–Kier alpha value is -0.0100. The Bertz CT molecular complexity index is 322. The first kappa shape index (κ1) is 10.1. The number of benzene rings is 1. The van der Waals surface area contributed by atoms with Crippen LogP contribution in [0.1, 0.15) is 5.56 Å². The van der Waals surface area contributed by atoms with E-state index in [9.17, 15) is 0 Å². The molecule has 0 aliphatic heterocycles. The number of hydrogen-bond acceptors (Lipinski definition) is 3. The van der Waals surface area contributed by atoms with Gasteiger partial charge in [-0.25, -0.2) is 0 Å². The summed E-state index contributed by atoms with van der Waals surface area (Å²) in [5.74, 6) is 0. The summed E-state index contributed by atoms with van der Waals surface area (Å²) in [4.78, 5) is 1.69. The molecule has 1 aromatic carbocycles. The third-order valence-corrected chi connectivity index (χ3v) is 3.39. The first-order valence-electron chi connectivity index (χ1n) is 2.93. The second-order valence-electron chi connectivity index (χ2n) is 1.93. The fourth-order valence-corrected chi connectivity index (χ4v) is 2.58. The van der Waals surface area contributed by atoms with E-state index in [2.05, 4.69) is 0 Å². The van der Waals surface area contributed by atoms with E-state index in [0.29, 0.717) is 5.56 Å². The van der Waals surface area contributed by atoms with Gasteiger partial charge in [-0.3, -0.25) is 0 Å². The molecule has 0 aliphatic rings. The Labute approximate surface area is 88.0 Å². The number of nitrogens with zero attached hydrogens (tertiary/aromatic N) is 1. The van der Waals surface area contributed by atoms with Crippen LogP contribution >= 0.6 is 43.3 Å². The Kier molecular flexibility index (Phi) is 4.10. The Balaban J connectivity index is 3.13. The van der Waals surface area contributed by atoms with Crippen molar-refractivity contribution in [3.63, 3.8) is 0 Å². The van der Waals surface area contributed by atoms with Crippen molar-refractivity contribution in [3.8, 4) is 6.07 Å². The number of nitriles is 1. The molecule has 0 aromatic heterocycles. The minimum Gasteiger partial charge on any atom is -0.192 e. The molecule has 1 nitrogen and oxygen atoms in total. The first-order chi connectivity index (χ1) is 5.81. The average Bonchev–Trinajstić information content (AvgIpc) is 2.16. The molecule has 0 N–H and O–H groups in total. The fourth-order valence-electron chi connectivity index (χ4n) is 0.702. The standard InChI is InChI=1S/C7H3Cl2NS2/c8-11-6-2-1-5(4-10)3-7(6)12-9/h1-3H. The van der Waals surface area contributed by atoms with Gasteiger partial charge in [-0.2, -0.15) is 5.26 Å². The summed E-state index contributed by atoms with van der Waals surface area (Å²) >= 11 is 0. The summed E-state index contributed by atoms with van der Waals surface area (Å²) in [5, 5.41) is 8.58. The van der Waals surface area contributed by atoms with Crippen molar-refractivity contribution in [2.24, 2.45) is 0 Å². The van der Waals surface area contributed by atoms with Crippen LogP contribution in [-0.4, -0.2) is 0 Å². The summed E-state index contributed by atoms with van der Waals surface area (Å²) in [6, 6.07) is 7.23. The highest BCUT2D eigenvalue weighted by Gasteiger charge is 2.03. The van der Waals surface area contributed by atoms with Crippen LogP contribution in [0.5, 0.6) is 0 Å². The second-order valence-corrected chi connectivity index (χ2v) is 4.04. The molecule has 12 heavy (non-hydrogen) atoms. The van der Waals surface area contributed by atoms with Crippen LogP contribution in [0.15, 0.2) is 28.0 Å². The van der Waals surface area contributed by atoms with Crippen LogP contribution in [0, 0.1) is 11.3 Å². The number of halogens is 2. The van der Waals surface area contributed by atoms with E-state index >= 15 is 0 Å². The normalized spacial score (nSPS) is 9.42. The van der Waals surface area contributed by atoms with E-state index in [1.165, 1.54) is 0 Å². The first-order valence-corrected chi connectivity index (χ1v) is 6.21. The lowest BCUT2D eigenvalue weighted by molar-refractivity contribution is 1.25. The van der Waals surface area contributed by atoms with Crippen molar-refractivity contribution < 1.29 is 0 Å². The maximum Gasteiger partial charge on any atom is 0.0992 e. The van der Waals surface area contributed by atoms with Crippen molar-refractivity contribution >= 4 is 43.3 Å². The zero-order valence-corrected chi connectivity index (χ0v) is 8.90. The molecule has 0 saturated carbocycles. The molecule has 5 heteroatoms. The topological polar surface area (TPSA) is 23.8 Å². The lowest BCUT2D eigenvalue weighted by Crippen LogP contribution is -1.77. The molecule has 0 radical (unpaired) electrons. The van der Waals surface area contributed by atoms with E-state index in [4.69, 9.17) is 26.6 Å². The van der Waals surface area contributed by atoms with E-state index in [-0.39, 0.29) is 0 Å². The van der Waals surface area contributed by atoms with Gasteiger partial charge >= 0.3 is 0 Å². The van der Waals surface area contributed by atoms with Gasteiger partial charge in [0.15, 0.2) is 0 Å². The molecular formula is C7H3Cl2NS2. The molecule has 1 aromatic rings. The molecule has 0 spiro atoms. The van der Waals surface area contributed by atoms with Crippen LogP contribution < -0.4 is 0 Å².